The van der Waals surface area contributed by atoms with Gasteiger partial charge in [-0.1, -0.05) is 13.8 Å². The van der Waals surface area contributed by atoms with Crippen LogP contribution in [-0.2, 0) is 10.0 Å². The van der Waals surface area contributed by atoms with Crippen LogP contribution in [0, 0.1) is 5.92 Å². The molecule has 0 bridgehead atoms. The van der Waals surface area contributed by atoms with E-state index in [-0.39, 0.29) is 10.9 Å². The first kappa shape index (κ1) is 15.3. The number of rotatable bonds is 7. The molecule has 1 aromatic rings. The van der Waals surface area contributed by atoms with Crippen LogP contribution in [-0.4, -0.2) is 36.8 Å². The van der Waals surface area contributed by atoms with Crippen molar-refractivity contribution in [1.82, 2.24) is 9.29 Å². The maximum Gasteiger partial charge on any atom is 0.244 e. The molecule has 1 aromatic heterocycles. The highest BCUT2D eigenvalue weighted by atomic mass is 32.2. The van der Waals surface area contributed by atoms with E-state index < -0.39 is 10.0 Å². The van der Waals surface area contributed by atoms with Crippen molar-refractivity contribution >= 4 is 15.8 Å². The van der Waals surface area contributed by atoms with Crippen LogP contribution in [0.5, 0.6) is 0 Å². The highest BCUT2D eigenvalue weighted by Crippen LogP contribution is 2.32. The Morgan fingerprint density at radius 3 is 2.55 bits per heavy atom. The summed E-state index contributed by atoms with van der Waals surface area (Å²) in [7, 11) is -3.42. The second kappa shape index (κ2) is 6.10. The number of nitrogens with one attached hydrogen (secondary N) is 1. The van der Waals surface area contributed by atoms with Gasteiger partial charge >= 0.3 is 0 Å². The predicted octanol–water partition coefficient (Wildman–Crippen LogP) is 2.32. The van der Waals surface area contributed by atoms with Crippen LogP contribution in [0.25, 0.3) is 0 Å². The first-order valence-electron chi connectivity index (χ1n) is 7.17. The summed E-state index contributed by atoms with van der Waals surface area (Å²) >= 11 is 0. The van der Waals surface area contributed by atoms with E-state index in [9.17, 15) is 8.42 Å². The Morgan fingerprint density at radius 1 is 1.40 bits per heavy atom. The van der Waals surface area contributed by atoms with E-state index in [4.69, 9.17) is 0 Å². The van der Waals surface area contributed by atoms with E-state index in [1.165, 1.54) is 6.20 Å². The first-order chi connectivity index (χ1) is 9.45. The summed E-state index contributed by atoms with van der Waals surface area (Å²) < 4.78 is 27.0. The summed E-state index contributed by atoms with van der Waals surface area (Å²) in [6.07, 6.45) is 3.38. The molecule has 112 valence electrons. The van der Waals surface area contributed by atoms with Crippen LogP contribution in [0.1, 0.15) is 33.6 Å². The lowest BCUT2D eigenvalue weighted by molar-refractivity contribution is 0.360. The largest absolute Gasteiger partial charge is 0.370 e. The second-order valence-electron chi connectivity index (χ2n) is 5.61. The third kappa shape index (κ3) is 3.49. The molecule has 0 aliphatic heterocycles. The number of pyridine rings is 1. The van der Waals surface area contributed by atoms with E-state index >= 15 is 0 Å². The quantitative estimate of drug-likeness (QED) is 0.839. The molecule has 1 N–H and O–H groups in total. The van der Waals surface area contributed by atoms with Crippen molar-refractivity contribution in [3.8, 4) is 0 Å². The standard InChI is InChI=1S/C14H23N3O2S/c1-4-15-14-8-7-13(9-16-14)20(18,19)17(10-11(2)3)12-5-6-12/h7-9,11-12H,4-6,10H2,1-3H3,(H,15,16). The predicted molar refractivity (Wildman–Crippen MR) is 80.2 cm³/mol. The Bertz CT molecular complexity index is 536. The van der Waals surface area contributed by atoms with E-state index in [1.54, 1.807) is 16.4 Å². The van der Waals surface area contributed by atoms with Gasteiger partial charge in [-0.25, -0.2) is 13.4 Å². The van der Waals surface area contributed by atoms with Gasteiger partial charge in [0.05, 0.1) is 0 Å². The van der Waals surface area contributed by atoms with Crippen molar-refractivity contribution < 1.29 is 8.42 Å². The number of hydrogen-bond donors (Lipinski definition) is 1. The van der Waals surface area contributed by atoms with Crippen molar-refractivity contribution in [3.05, 3.63) is 18.3 Å². The van der Waals surface area contributed by atoms with Gasteiger partial charge in [-0.2, -0.15) is 4.31 Å². The Hall–Kier alpha value is -1.14. The molecule has 6 heteroatoms. The molecule has 1 aliphatic rings. The molecule has 5 nitrogen and oxygen atoms in total. The fourth-order valence-electron chi connectivity index (χ4n) is 2.12. The smallest absolute Gasteiger partial charge is 0.244 e. The Labute approximate surface area is 121 Å². The van der Waals surface area contributed by atoms with Gasteiger partial charge in [0.25, 0.3) is 0 Å². The van der Waals surface area contributed by atoms with E-state index in [2.05, 4.69) is 10.3 Å². The first-order valence-corrected chi connectivity index (χ1v) is 8.61. The average molecular weight is 297 g/mol. The molecule has 0 spiro atoms. The van der Waals surface area contributed by atoms with Gasteiger partial charge in [0.1, 0.15) is 10.7 Å². The van der Waals surface area contributed by atoms with Crippen molar-refractivity contribution in [2.24, 2.45) is 5.92 Å². The molecule has 0 saturated heterocycles. The van der Waals surface area contributed by atoms with Crippen molar-refractivity contribution in [2.75, 3.05) is 18.4 Å². The zero-order valence-electron chi connectivity index (χ0n) is 12.3. The number of sulfonamides is 1. The molecule has 1 saturated carbocycles. The zero-order chi connectivity index (χ0) is 14.8. The number of anilines is 1. The van der Waals surface area contributed by atoms with E-state index in [0.29, 0.717) is 18.3 Å². The molecule has 1 aliphatic carbocycles. The molecule has 1 heterocycles. The lowest BCUT2D eigenvalue weighted by atomic mass is 10.2. The maximum atomic E-state index is 12.7. The number of hydrogen-bond acceptors (Lipinski definition) is 4. The SMILES string of the molecule is CCNc1ccc(S(=O)(=O)N(CC(C)C)C2CC2)cn1. The number of nitrogens with zero attached hydrogens (tertiary/aromatic N) is 2. The van der Waals surface area contributed by atoms with E-state index in [0.717, 1.165) is 19.4 Å². The van der Waals surface area contributed by atoms with Gasteiger partial charge in [-0.3, -0.25) is 0 Å². The van der Waals surface area contributed by atoms with Crippen LogP contribution in [0.4, 0.5) is 5.82 Å². The summed E-state index contributed by atoms with van der Waals surface area (Å²) in [5.74, 6) is 1.02. The van der Waals surface area contributed by atoms with Crippen LogP contribution >= 0.6 is 0 Å². The van der Waals surface area contributed by atoms with Crippen molar-refractivity contribution in [1.29, 1.82) is 0 Å². The van der Waals surface area contributed by atoms with Gasteiger partial charge in [0, 0.05) is 25.3 Å². The Kier molecular flexibility index (Phi) is 4.65. The van der Waals surface area contributed by atoms with Gasteiger partial charge in [-0.15, -0.1) is 0 Å². The molecular formula is C14H23N3O2S. The maximum absolute atomic E-state index is 12.7. The molecule has 0 aromatic carbocycles. The van der Waals surface area contributed by atoms with Crippen molar-refractivity contribution in [3.63, 3.8) is 0 Å². The normalized spacial score (nSPS) is 15.8. The van der Waals surface area contributed by atoms with Crippen LogP contribution in [0.3, 0.4) is 0 Å². The molecule has 0 amide bonds. The lowest BCUT2D eigenvalue weighted by Gasteiger charge is -2.23. The minimum Gasteiger partial charge on any atom is -0.370 e. The van der Waals surface area contributed by atoms with Gasteiger partial charge in [-0.05, 0) is 37.8 Å². The summed E-state index contributed by atoms with van der Waals surface area (Å²) in [6.45, 7) is 7.39. The summed E-state index contributed by atoms with van der Waals surface area (Å²) in [5.41, 5.74) is 0. The summed E-state index contributed by atoms with van der Waals surface area (Å²) in [6, 6.07) is 3.53. The summed E-state index contributed by atoms with van der Waals surface area (Å²) in [5, 5.41) is 3.06. The highest BCUT2D eigenvalue weighted by Gasteiger charge is 2.38. The molecule has 0 unspecified atom stereocenters. The third-order valence-electron chi connectivity index (χ3n) is 3.20. The van der Waals surface area contributed by atoms with Crippen LogP contribution in [0.2, 0.25) is 0 Å². The summed E-state index contributed by atoms with van der Waals surface area (Å²) in [4.78, 5) is 4.44. The van der Waals surface area contributed by atoms with Crippen LogP contribution < -0.4 is 5.32 Å². The zero-order valence-corrected chi connectivity index (χ0v) is 13.2. The van der Waals surface area contributed by atoms with Gasteiger partial charge in [0.2, 0.25) is 10.0 Å². The molecular weight excluding hydrogens is 274 g/mol. The Morgan fingerprint density at radius 2 is 2.10 bits per heavy atom. The average Bonchev–Trinajstić information content (AvgIpc) is 3.21. The topological polar surface area (TPSA) is 62.3 Å². The van der Waals surface area contributed by atoms with Crippen molar-refractivity contribution in [2.45, 2.75) is 44.6 Å². The molecule has 0 radical (unpaired) electrons. The highest BCUT2D eigenvalue weighted by molar-refractivity contribution is 7.89. The number of aromatic nitrogens is 1. The van der Waals surface area contributed by atoms with Gasteiger partial charge < -0.3 is 5.32 Å². The molecule has 0 atom stereocenters. The monoisotopic (exact) mass is 297 g/mol. The van der Waals surface area contributed by atoms with Gasteiger partial charge in [0.15, 0.2) is 0 Å². The minimum absolute atomic E-state index is 0.177. The molecule has 1 fully saturated rings. The minimum atomic E-state index is -3.42. The second-order valence-corrected chi connectivity index (χ2v) is 7.50. The fraction of sp³-hybridized carbons (Fsp3) is 0.643. The third-order valence-corrected chi connectivity index (χ3v) is 5.10. The Balaban J connectivity index is 2.23. The van der Waals surface area contributed by atoms with Crippen LogP contribution in [0.15, 0.2) is 23.2 Å². The lowest BCUT2D eigenvalue weighted by Crippen LogP contribution is -2.36. The van der Waals surface area contributed by atoms with E-state index in [1.807, 2.05) is 20.8 Å². The molecule has 20 heavy (non-hydrogen) atoms. The molecule has 2 rings (SSSR count). The fourth-order valence-corrected chi connectivity index (χ4v) is 3.91.